The summed E-state index contributed by atoms with van der Waals surface area (Å²) in [6.45, 7) is 0.588. The van der Waals surface area contributed by atoms with Crippen molar-refractivity contribution in [2.45, 2.75) is 12.8 Å². The van der Waals surface area contributed by atoms with E-state index in [1.54, 1.807) is 24.4 Å². The summed E-state index contributed by atoms with van der Waals surface area (Å²) in [4.78, 5) is 41.5. The van der Waals surface area contributed by atoms with E-state index in [2.05, 4.69) is 4.98 Å². The quantitative estimate of drug-likeness (QED) is 0.878. The number of amides is 1. The van der Waals surface area contributed by atoms with Gasteiger partial charge in [0.25, 0.3) is 11.5 Å². The normalized spacial score (nSPS) is 18.4. The summed E-state index contributed by atoms with van der Waals surface area (Å²) in [5.74, 6) is -1.94. The third kappa shape index (κ3) is 2.45. The van der Waals surface area contributed by atoms with E-state index in [0.717, 1.165) is 0 Å². The van der Waals surface area contributed by atoms with Crippen molar-refractivity contribution in [3.05, 3.63) is 46.5 Å². The first-order valence-corrected chi connectivity index (χ1v) is 7.06. The van der Waals surface area contributed by atoms with Gasteiger partial charge in [0.15, 0.2) is 0 Å². The van der Waals surface area contributed by atoms with E-state index < -0.39 is 23.4 Å². The predicted octanol–water partition coefficient (Wildman–Crippen LogP) is 0.631. The molecule has 1 aliphatic heterocycles. The molecule has 0 radical (unpaired) electrons. The van der Waals surface area contributed by atoms with E-state index in [4.69, 9.17) is 5.11 Å². The zero-order valence-electron chi connectivity index (χ0n) is 11.8. The maximum absolute atomic E-state index is 12.5. The number of pyridine rings is 1. The molecular formula is C15H15N3O4. The number of nitrogens with zero attached hydrogens (tertiary/aromatic N) is 3. The molecule has 0 aliphatic carbocycles. The lowest BCUT2D eigenvalue weighted by molar-refractivity contribution is -0.143. The highest BCUT2D eigenvalue weighted by Crippen LogP contribution is 2.18. The van der Waals surface area contributed by atoms with Crippen molar-refractivity contribution < 1.29 is 14.7 Å². The number of rotatable bonds is 2. The van der Waals surface area contributed by atoms with Gasteiger partial charge in [-0.05, 0) is 25.0 Å². The highest BCUT2D eigenvalue weighted by Gasteiger charge is 2.29. The van der Waals surface area contributed by atoms with Crippen molar-refractivity contribution in [1.82, 2.24) is 14.3 Å². The Balaban J connectivity index is 1.94. The molecule has 3 rings (SSSR count). The van der Waals surface area contributed by atoms with Crippen molar-refractivity contribution in [2.75, 3.05) is 13.1 Å². The molecule has 2 aromatic heterocycles. The van der Waals surface area contributed by atoms with E-state index in [1.165, 1.54) is 15.5 Å². The number of hydrogen-bond acceptors (Lipinski definition) is 4. The molecule has 0 aromatic carbocycles. The van der Waals surface area contributed by atoms with Crippen LogP contribution in [0.2, 0.25) is 0 Å². The number of carbonyl (C=O) groups excluding carboxylic acids is 1. The van der Waals surface area contributed by atoms with Crippen LogP contribution in [0.3, 0.4) is 0 Å². The third-order valence-electron chi connectivity index (χ3n) is 3.90. The molecule has 7 heteroatoms. The van der Waals surface area contributed by atoms with Crippen LogP contribution in [0, 0.1) is 5.92 Å². The molecule has 0 bridgehead atoms. The van der Waals surface area contributed by atoms with Crippen molar-refractivity contribution in [3.63, 3.8) is 0 Å². The molecule has 1 unspecified atom stereocenters. The topological polar surface area (TPSA) is 92.0 Å². The Labute approximate surface area is 125 Å². The van der Waals surface area contributed by atoms with E-state index in [9.17, 15) is 14.4 Å². The van der Waals surface area contributed by atoms with Gasteiger partial charge in [-0.15, -0.1) is 0 Å². The maximum Gasteiger partial charge on any atom is 0.308 e. The van der Waals surface area contributed by atoms with Crippen molar-refractivity contribution in [1.29, 1.82) is 0 Å². The molecule has 2 aromatic rings. The summed E-state index contributed by atoms with van der Waals surface area (Å²) in [6, 6.07) is 5.12. The Morgan fingerprint density at radius 2 is 2.14 bits per heavy atom. The lowest BCUT2D eigenvalue weighted by atomic mass is 9.98. The Kier molecular flexibility index (Phi) is 3.62. The molecule has 1 fully saturated rings. The Morgan fingerprint density at radius 3 is 2.91 bits per heavy atom. The molecule has 1 atom stereocenters. The second-order valence-electron chi connectivity index (χ2n) is 5.33. The zero-order valence-corrected chi connectivity index (χ0v) is 11.8. The number of carboxylic acid groups (broad SMARTS) is 1. The number of aromatic nitrogens is 2. The molecule has 1 aliphatic rings. The minimum absolute atomic E-state index is 0.0326. The van der Waals surface area contributed by atoms with Gasteiger partial charge in [0.2, 0.25) is 0 Å². The van der Waals surface area contributed by atoms with Gasteiger partial charge in [-0.25, -0.2) is 4.98 Å². The van der Waals surface area contributed by atoms with Crippen molar-refractivity contribution in [2.24, 2.45) is 5.92 Å². The minimum atomic E-state index is -0.911. The van der Waals surface area contributed by atoms with E-state index in [1.807, 2.05) is 0 Å². The molecule has 1 N–H and O–H groups in total. The predicted molar refractivity (Wildman–Crippen MR) is 77.7 cm³/mol. The van der Waals surface area contributed by atoms with Gasteiger partial charge in [-0.2, -0.15) is 0 Å². The maximum atomic E-state index is 12.5. The van der Waals surface area contributed by atoms with Gasteiger partial charge in [-0.3, -0.25) is 18.8 Å². The molecule has 3 heterocycles. The standard InChI is InChI=1S/C15H15N3O4/c19-13(17-6-3-4-10(9-17)15(21)22)11-8-16-12-5-1-2-7-18(12)14(11)20/h1-2,5,7-8,10H,3-4,6,9H2,(H,21,22). The lowest BCUT2D eigenvalue weighted by Gasteiger charge is -2.30. The summed E-state index contributed by atoms with van der Waals surface area (Å²) >= 11 is 0. The number of carbonyl (C=O) groups is 2. The summed E-state index contributed by atoms with van der Waals surface area (Å²) < 4.78 is 1.31. The lowest BCUT2D eigenvalue weighted by Crippen LogP contribution is -2.44. The van der Waals surface area contributed by atoms with Gasteiger partial charge in [0.1, 0.15) is 11.2 Å². The fourth-order valence-electron chi connectivity index (χ4n) is 2.71. The first kappa shape index (κ1) is 14.2. The van der Waals surface area contributed by atoms with Crippen LogP contribution in [0.25, 0.3) is 5.65 Å². The van der Waals surface area contributed by atoms with E-state index in [-0.39, 0.29) is 12.1 Å². The van der Waals surface area contributed by atoms with Gasteiger partial charge in [0, 0.05) is 25.5 Å². The van der Waals surface area contributed by atoms with Crippen molar-refractivity contribution in [3.8, 4) is 0 Å². The molecule has 1 saturated heterocycles. The number of piperidine rings is 1. The second kappa shape index (κ2) is 5.59. The SMILES string of the molecule is O=C(O)C1CCCN(C(=O)c2cnc3ccccn3c2=O)C1. The van der Waals surface area contributed by atoms with Gasteiger partial charge in [0.05, 0.1) is 5.92 Å². The smallest absolute Gasteiger partial charge is 0.308 e. The number of fused-ring (bicyclic) bond motifs is 1. The zero-order chi connectivity index (χ0) is 15.7. The average Bonchev–Trinajstić information content (AvgIpc) is 2.55. The molecular weight excluding hydrogens is 286 g/mol. The van der Waals surface area contributed by atoms with Crippen LogP contribution >= 0.6 is 0 Å². The fraction of sp³-hybridized carbons (Fsp3) is 0.333. The summed E-state index contributed by atoms with van der Waals surface area (Å²) in [6.07, 6.45) is 3.99. The third-order valence-corrected chi connectivity index (χ3v) is 3.90. The number of aliphatic carboxylic acids is 1. The van der Waals surface area contributed by atoms with Crippen LogP contribution in [-0.4, -0.2) is 44.4 Å². The minimum Gasteiger partial charge on any atom is -0.481 e. The largest absolute Gasteiger partial charge is 0.481 e. The molecule has 114 valence electrons. The van der Waals surface area contributed by atoms with Gasteiger partial charge < -0.3 is 10.0 Å². The summed E-state index contributed by atoms with van der Waals surface area (Å²) in [5, 5.41) is 9.09. The number of likely N-dealkylation sites (tertiary alicyclic amines) is 1. The summed E-state index contributed by atoms with van der Waals surface area (Å²) in [7, 11) is 0. The first-order valence-electron chi connectivity index (χ1n) is 7.06. The first-order chi connectivity index (χ1) is 10.6. The van der Waals surface area contributed by atoms with Gasteiger partial charge >= 0.3 is 5.97 Å². The number of carboxylic acids is 1. The van der Waals surface area contributed by atoms with Gasteiger partial charge in [-0.1, -0.05) is 6.07 Å². The van der Waals surface area contributed by atoms with Crippen LogP contribution in [0.15, 0.2) is 35.4 Å². The Hall–Kier alpha value is -2.70. The highest BCUT2D eigenvalue weighted by atomic mass is 16.4. The molecule has 0 saturated carbocycles. The summed E-state index contributed by atoms with van der Waals surface area (Å²) in [5.41, 5.74) is -0.00565. The number of hydrogen-bond donors (Lipinski definition) is 1. The van der Waals surface area contributed by atoms with Crippen LogP contribution in [0.4, 0.5) is 0 Å². The van der Waals surface area contributed by atoms with Crippen LogP contribution < -0.4 is 5.56 Å². The second-order valence-corrected chi connectivity index (χ2v) is 5.33. The Bertz CT molecular complexity index is 799. The van der Waals surface area contributed by atoms with Crippen LogP contribution in [0.1, 0.15) is 23.2 Å². The Morgan fingerprint density at radius 1 is 1.32 bits per heavy atom. The van der Waals surface area contributed by atoms with E-state index >= 15 is 0 Å². The molecule has 7 nitrogen and oxygen atoms in total. The monoisotopic (exact) mass is 301 g/mol. The van der Waals surface area contributed by atoms with Crippen LogP contribution in [0.5, 0.6) is 0 Å². The highest BCUT2D eigenvalue weighted by molar-refractivity contribution is 5.94. The molecule has 0 spiro atoms. The molecule has 22 heavy (non-hydrogen) atoms. The average molecular weight is 301 g/mol. The van der Waals surface area contributed by atoms with Crippen LogP contribution in [-0.2, 0) is 4.79 Å². The van der Waals surface area contributed by atoms with E-state index in [0.29, 0.717) is 25.0 Å². The fourth-order valence-corrected chi connectivity index (χ4v) is 2.71. The molecule has 1 amide bonds. The van der Waals surface area contributed by atoms with Crippen molar-refractivity contribution >= 4 is 17.5 Å².